The van der Waals surface area contributed by atoms with Crippen molar-refractivity contribution in [2.75, 3.05) is 0 Å². The van der Waals surface area contributed by atoms with E-state index in [0.29, 0.717) is 6.54 Å². The van der Waals surface area contributed by atoms with Crippen molar-refractivity contribution in [2.45, 2.75) is 6.54 Å². The van der Waals surface area contributed by atoms with Crippen LogP contribution in [0.2, 0.25) is 0 Å². The van der Waals surface area contributed by atoms with Crippen molar-refractivity contribution in [3.63, 3.8) is 0 Å². The second kappa shape index (κ2) is 4.39. The van der Waals surface area contributed by atoms with Crippen molar-refractivity contribution in [3.8, 4) is 0 Å². The van der Waals surface area contributed by atoms with Crippen molar-refractivity contribution in [3.05, 3.63) is 70.4 Å². The smallest absolute Gasteiger partial charge is 0.295 e. The van der Waals surface area contributed by atoms with Crippen LogP contribution in [0.5, 0.6) is 0 Å². The van der Waals surface area contributed by atoms with Gasteiger partial charge in [-0.25, -0.2) is 9.18 Å². The summed E-state index contributed by atoms with van der Waals surface area (Å²) in [7, 11) is 1.76. The van der Waals surface area contributed by atoms with Crippen LogP contribution in [0.3, 0.4) is 0 Å². The molecule has 1 heterocycles. The number of halogens is 1. The van der Waals surface area contributed by atoms with E-state index in [1.807, 2.05) is 24.3 Å². The van der Waals surface area contributed by atoms with E-state index in [2.05, 4.69) is 0 Å². The van der Waals surface area contributed by atoms with E-state index in [1.54, 1.807) is 28.3 Å². The fourth-order valence-electron chi connectivity index (χ4n) is 2.29. The van der Waals surface area contributed by atoms with E-state index < -0.39 is 0 Å². The molecule has 0 fully saturated rings. The minimum absolute atomic E-state index is 0.0643. The first-order valence-electron chi connectivity index (χ1n) is 6.05. The monoisotopic (exact) mass is 256 g/mol. The Morgan fingerprint density at radius 3 is 2.32 bits per heavy atom. The SMILES string of the molecule is Cn1c(=O)n(Cc2ccc(F)cc2)c2ccccc21. The maximum atomic E-state index is 12.9. The molecule has 0 atom stereocenters. The number of imidazole rings is 1. The summed E-state index contributed by atoms with van der Waals surface area (Å²) in [6, 6.07) is 13.9. The number of fused-ring (bicyclic) bond motifs is 1. The molecule has 0 radical (unpaired) electrons. The van der Waals surface area contributed by atoms with Crippen LogP contribution in [-0.2, 0) is 13.6 Å². The number of aromatic nitrogens is 2. The summed E-state index contributed by atoms with van der Waals surface area (Å²) in [6.45, 7) is 0.445. The van der Waals surface area contributed by atoms with Gasteiger partial charge in [0, 0.05) is 7.05 Å². The molecular weight excluding hydrogens is 243 g/mol. The summed E-state index contributed by atoms with van der Waals surface area (Å²) in [4.78, 5) is 12.2. The molecule has 0 amide bonds. The van der Waals surface area contributed by atoms with Crippen molar-refractivity contribution < 1.29 is 4.39 Å². The molecule has 96 valence electrons. The second-order valence-electron chi connectivity index (χ2n) is 4.54. The Labute approximate surface area is 109 Å². The largest absolute Gasteiger partial charge is 0.329 e. The zero-order valence-electron chi connectivity index (χ0n) is 10.5. The lowest BCUT2D eigenvalue weighted by Crippen LogP contribution is -2.22. The molecule has 0 saturated carbocycles. The minimum Gasteiger partial charge on any atom is -0.295 e. The minimum atomic E-state index is -0.269. The number of hydrogen-bond acceptors (Lipinski definition) is 1. The van der Waals surface area contributed by atoms with Crippen LogP contribution >= 0.6 is 0 Å². The van der Waals surface area contributed by atoms with Crippen LogP contribution in [0.1, 0.15) is 5.56 Å². The third-order valence-electron chi connectivity index (χ3n) is 3.31. The highest BCUT2D eigenvalue weighted by molar-refractivity contribution is 5.75. The van der Waals surface area contributed by atoms with E-state index >= 15 is 0 Å². The second-order valence-corrected chi connectivity index (χ2v) is 4.54. The van der Waals surface area contributed by atoms with Crippen molar-refractivity contribution in [1.29, 1.82) is 0 Å². The lowest BCUT2D eigenvalue weighted by Gasteiger charge is -2.03. The van der Waals surface area contributed by atoms with Gasteiger partial charge in [0.15, 0.2) is 0 Å². The van der Waals surface area contributed by atoms with Crippen molar-refractivity contribution in [2.24, 2.45) is 7.05 Å². The molecule has 0 N–H and O–H groups in total. The van der Waals surface area contributed by atoms with Gasteiger partial charge in [0.1, 0.15) is 5.82 Å². The van der Waals surface area contributed by atoms with Crippen LogP contribution in [-0.4, -0.2) is 9.13 Å². The fraction of sp³-hybridized carbons (Fsp3) is 0.133. The average Bonchev–Trinajstić information content (AvgIpc) is 2.67. The maximum absolute atomic E-state index is 12.9. The van der Waals surface area contributed by atoms with Gasteiger partial charge in [-0.2, -0.15) is 0 Å². The Bertz CT molecular complexity index is 784. The quantitative estimate of drug-likeness (QED) is 0.692. The molecule has 0 bridgehead atoms. The van der Waals surface area contributed by atoms with E-state index in [1.165, 1.54) is 12.1 Å². The van der Waals surface area contributed by atoms with Gasteiger partial charge in [0.05, 0.1) is 17.6 Å². The Morgan fingerprint density at radius 1 is 1.00 bits per heavy atom. The Kier molecular flexibility index (Phi) is 2.71. The Hall–Kier alpha value is -2.36. The molecular formula is C15H13FN2O. The predicted molar refractivity (Wildman–Crippen MR) is 72.7 cm³/mol. The van der Waals surface area contributed by atoms with Crippen molar-refractivity contribution in [1.82, 2.24) is 9.13 Å². The highest BCUT2D eigenvalue weighted by Crippen LogP contribution is 2.13. The number of aryl methyl sites for hydroxylation is 1. The van der Waals surface area contributed by atoms with E-state index in [-0.39, 0.29) is 11.5 Å². The van der Waals surface area contributed by atoms with Crippen LogP contribution in [0.25, 0.3) is 11.0 Å². The zero-order chi connectivity index (χ0) is 13.4. The molecule has 0 aliphatic rings. The molecule has 2 aromatic carbocycles. The van der Waals surface area contributed by atoms with E-state index in [4.69, 9.17) is 0 Å². The summed E-state index contributed by atoms with van der Waals surface area (Å²) in [5, 5.41) is 0. The number of hydrogen-bond donors (Lipinski definition) is 0. The zero-order valence-corrected chi connectivity index (χ0v) is 10.5. The Balaban J connectivity index is 2.13. The first-order chi connectivity index (χ1) is 9.16. The van der Waals surface area contributed by atoms with Crippen LogP contribution in [0.4, 0.5) is 4.39 Å². The number of rotatable bonds is 2. The van der Waals surface area contributed by atoms with Gasteiger partial charge in [-0.15, -0.1) is 0 Å². The van der Waals surface area contributed by atoms with E-state index in [9.17, 15) is 9.18 Å². The van der Waals surface area contributed by atoms with Gasteiger partial charge in [-0.3, -0.25) is 9.13 Å². The molecule has 0 saturated heterocycles. The number of benzene rings is 2. The number of para-hydroxylation sites is 2. The third-order valence-corrected chi connectivity index (χ3v) is 3.31. The van der Waals surface area contributed by atoms with Crippen LogP contribution in [0, 0.1) is 5.82 Å². The molecule has 0 spiro atoms. The summed E-state index contributed by atoms with van der Waals surface area (Å²) in [5.41, 5.74) is 2.62. The lowest BCUT2D eigenvalue weighted by atomic mass is 10.2. The van der Waals surface area contributed by atoms with Gasteiger partial charge in [-0.05, 0) is 29.8 Å². The first kappa shape index (κ1) is 11.7. The molecule has 3 nitrogen and oxygen atoms in total. The summed E-state index contributed by atoms with van der Waals surface area (Å²) in [6.07, 6.45) is 0. The van der Waals surface area contributed by atoms with Gasteiger partial charge < -0.3 is 0 Å². The molecule has 3 rings (SSSR count). The highest BCUT2D eigenvalue weighted by Gasteiger charge is 2.09. The average molecular weight is 256 g/mol. The lowest BCUT2D eigenvalue weighted by molar-refractivity contribution is 0.626. The number of nitrogens with zero attached hydrogens (tertiary/aromatic N) is 2. The molecule has 19 heavy (non-hydrogen) atoms. The van der Waals surface area contributed by atoms with Gasteiger partial charge in [0.2, 0.25) is 0 Å². The molecule has 1 aromatic heterocycles. The van der Waals surface area contributed by atoms with Crippen molar-refractivity contribution >= 4 is 11.0 Å². The summed E-state index contributed by atoms with van der Waals surface area (Å²) in [5.74, 6) is -0.269. The predicted octanol–water partition coefficient (Wildman–Crippen LogP) is 2.53. The Morgan fingerprint density at radius 2 is 1.63 bits per heavy atom. The van der Waals surface area contributed by atoms with Crippen LogP contribution in [0.15, 0.2) is 53.3 Å². The molecule has 0 aliphatic carbocycles. The molecule has 4 heteroatoms. The third kappa shape index (κ3) is 1.95. The highest BCUT2D eigenvalue weighted by atomic mass is 19.1. The van der Waals surface area contributed by atoms with Crippen LogP contribution < -0.4 is 5.69 Å². The maximum Gasteiger partial charge on any atom is 0.329 e. The van der Waals surface area contributed by atoms with E-state index in [0.717, 1.165) is 16.6 Å². The summed E-state index contributed by atoms with van der Waals surface area (Å²) < 4.78 is 16.2. The van der Waals surface area contributed by atoms with Gasteiger partial charge >= 0.3 is 5.69 Å². The molecule has 0 unspecified atom stereocenters. The molecule has 0 aliphatic heterocycles. The standard InChI is InChI=1S/C15H13FN2O/c1-17-13-4-2-3-5-14(13)18(15(17)19)10-11-6-8-12(16)9-7-11/h2-9H,10H2,1H3. The normalized spacial score (nSPS) is 11.1. The molecule has 3 aromatic rings. The first-order valence-corrected chi connectivity index (χ1v) is 6.05. The van der Waals surface area contributed by atoms with Gasteiger partial charge in [-0.1, -0.05) is 24.3 Å². The topological polar surface area (TPSA) is 26.9 Å². The fourth-order valence-corrected chi connectivity index (χ4v) is 2.29. The van der Waals surface area contributed by atoms with Gasteiger partial charge in [0.25, 0.3) is 0 Å². The summed E-state index contributed by atoms with van der Waals surface area (Å²) >= 11 is 0.